The van der Waals surface area contributed by atoms with Gasteiger partial charge in [0.2, 0.25) is 0 Å². The Labute approximate surface area is 99.5 Å². The molecule has 0 aliphatic rings. The van der Waals surface area contributed by atoms with Crippen LogP contribution >= 0.6 is 11.6 Å². The number of nitrogens with one attached hydrogen (secondary N) is 1. The van der Waals surface area contributed by atoms with Crippen molar-refractivity contribution >= 4 is 11.6 Å². The van der Waals surface area contributed by atoms with E-state index in [4.69, 9.17) is 11.6 Å². The normalized spacial score (nSPS) is 14.1. The van der Waals surface area contributed by atoms with Gasteiger partial charge in [0, 0.05) is 12.4 Å². The van der Waals surface area contributed by atoms with Crippen LogP contribution in [0.25, 0.3) is 0 Å². The molecular weight excluding hydrogens is 243 g/mol. The van der Waals surface area contributed by atoms with Gasteiger partial charge in [0.1, 0.15) is 0 Å². The lowest BCUT2D eigenvalue weighted by molar-refractivity contribution is -0.323. The quantitative estimate of drug-likeness (QED) is 0.509. The molecule has 2 nitrogen and oxygen atoms in total. The molecule has 0 aromatic rings. The van der Waals surface area contributed by atoms with Gasteiger partial charge in [-0.15, -0.1) is 24.8 Å². The summed E-state index contributed by atoms with van der Waals surface area (Å²) in [6.45, 7) is 2.64. The highest BCUT2D eigenvalue weighted by Gasteiger charge is 2.28. The fourth-order valence-corrected chi connectivity index (χ4v) is 1.76. The van der Waals surface area contributed by atoms with Crippen molar-refractivity contribution in [1.82, 2.24) is 5.32 Å². The third-order valence-electron chi connectivity index (χ3n) is 2.19. The Bertz CT molecular complexity index is 161. The van der Waals surface area contributed by atoms with E-state index in [0.29, 0.717) is 18.3 Å². The zero-order valence-corrected chi connectivity index (χ0v) is 10.2. The lowest BCUT2D eigenvalue weighted by Crippen LogP contribution is -2.28. The zero-order valence-electron chi connectivity index (χ0n) is 9.45. The van der Waals surface area contributed by atoms with Crippen molar-refractivity contribution in [2.75, 3.05) is 25.6 Å². The number of rotatable bonds is 9. The molecule has 0 aliphatic heterocycles. The van der Waals surface area contributed by atoms with Crippen molar-refractivity contribution in [1.29, 1.82) is 0 Å². The molecule has 0 rings (SSSR count). The fraction of sp³-hybridized carbons (Fsp3) is 1.00. The van der Waals surface area contributed by atoms with Gasteiger partial charge in [0.05, 0.1) is 6.61 Å². The first kappa shape index (κ1) is 16.0. The molecule has 0 radical (unpaired) electrons. The first-order valence-corrected chi connectivity index (χ1v) is 6.00. The summed E-state index contributed by atoms with van der Waals surface area (Å²) in [6.07, 6.45) is -1.54. The third-order valence-corrected chi connectivity index (χ3v) is 2.41. The van der Waals surface area contributed by atoms with Crippen molar-refractivity contribution < 1.29 is 17.9 Å². The van der Waals surface area contributed by atoms with Gasteiger partial charge in [0.15, 0.2) is 0 Å². The van der Waals surface area contributed by atoms with Crippen LogP contribution in [-0.2, 0) is 4.74 Å². The van der Waals surface area contributed by atoms with Crippen molar-refractivity contribution in [3.63, 3.8) is 0 Å². The van der Waals surface area contributed by atoms with Gasteiger partial charge in [-0.3, -0.25) is 4.74 Å². The molecule has 0 aromatic carbocycles. The first-order chi connectivity index (χ1) is 7.49. The maximum atomic E-state index is 11.6. The molecule has 1 N–H and O–H groups in total. The van der Waals surface area contributed by atoms with E-state index >= 15 is 0 Å². The highest BCUT2D eigenvalue weighted by molar-refractivity contribution is 6.17. The van der Waals surface area contributed by atoms with Gasteiger partial charge in [-0.1, -0.05) is 13.3 Å². The first-order valence-electron chi connectivity index (χ1n) is 5.47. The van der Waals surface area contributed by atoms with Gasteiger partial charge in [-0.2, -0.15) is 0 Å². The minimum absolute atomic E-state index is 0.210. The summed E-state index contributed by atoms with van der Waals surface area (Å²) < 4.78 is 38.5. The number of ether oxygens (including phenoxy) is 1. The highest BCUT2D eigenvalue weighted by Crippen LogP contribution is 2.15. The topological polar surface area (TPSA) is 21.3 Å². The third kappa shape index (κ3) is 10.5. The number of hydrogen-bond acceptors (Lipinski definition) is 2. The molecule has 6 heteroatoms. The molecule has 0 fully saturated rings. The Balaban J connectivity index is 3.46. The molecule has 16 heavy (non-hydrogen) atoms. The molecule has 0 amide bonds. The highest BCUT2D eigenvalue weighted by atomic mass is 35.5. The summed E-state index contributed by atoms with van der Waals surface area (Å²) in [4.78, 5) is 0. The largest absolute Gasteiger partial charge is 0.522 e. The van der Waals surface area contributed by atoms with Gasteiger partial charge in [0.25, 0.3) is 0 Å². The molecule has 0 bridgehead atoms. The van der Waals surface area contributed by atoms with E-state index in [1.807, 2.05) is 0 Å². The Morgan fingerprint density at radius 3 is 2.50 bits per heavy atom. The van der Waals surface area contributed by atoms with E-state index < -0.39 is 6.36 Å². The van der Waals surface area contributed by atoms with Crippen LogP contribution in [0, 0.1) is 5.92 Å². The Kier molecular flexibility index (Phi) is 9.07. The van der Waals surface area contributed by atoms with Gasteiger partial charge in [-0.05, 0) is 25.3 Å². The summed E-state index contributed by atoms with van der Waals surface area (Å²) >= 11 is 5.63. The van der Waals surface area contributed by atoms with Crippen LogP contribution in [0.4, 0.5) is 13.2 Å². The summed E-state index contributed by atoms with van der Waals surface area (Å²) in [7, 11) is 0. The molecule has 0 saturated heterocycles. The predicted molar refractivity (Wildman–Crippen MR) is 58.6 cm³/mol. The molecule has 0 saturated carbocycles. The smallest absolute Gasteiger partial charge is 0.314 e. The lowest BCUT2D eigenvalue weighted by atomic mass is 10.0. The standard InChI is InChI=1S/C10H19ClF3NO/c1-2-3-9(4-5-11)8-15-6-7-16-10(12,13)14/h9,15H,2-8H2,1H3. The van der Waals surface area contributed by atoms with E-state index in [9.17, 15) is 13.2 Å². The Hall–Kier alpha value is -0.0000000000000000555. The van der Waals surface area contributed by atoms with Crippen LogP contribution in [-0.4, -0.2) is 31.9 Å². The van der Waals surface area contributed by atoms with E-state index in [-0.39, 0.29) is 13.2 Å². The predicted octanol–water partition coefficient (Wildman–Crippen LogP) is 3.16. The molecule has 98 valence electrons. The summed E-state index contributed by atoms with van der Waals surface area (Å²) in [5.74, 6) is 1.03. The average Bonchev–Trinajstić information content (AvgIpc) is 2.16. The maximum Gasteiger partial charge on any atom is 0.522 e. The Morgan fingerprint density at radius 2 is 2.00 bits per heavy atom. The maximum absolute atomic E-state index is 11.6. The van der Waals surface area contributed by atoms with E-state index in [0.717, 1.165) is 19.3 Å². The summed E-state index contributed by atoms with van der Waals surface area (Å²) in [5.41, 5.74) is 0. The van der Waals surface area contributed by atoms with Crippen molar-refractivity contribution in [3.8, 4) is 0 Å². The fourth-order valence-electron chi connectivity index (χ4n) is 1.46. The van der Waals surface area contributed by atoms with Crippen LogP contribution in [0.3, 0.4) is 0 Å². The van der Waals surface area contributed by atoms with Crippen LogP contribution in [0.5, 0.6) is 0 Å². The SMILES string of the molecule is CCCC(CCCl)CNCCOC(F)(F)F. The number of alkyl halides is 4. The monoisotopic (exact) mass is 261 g/mol. The van der Waals surface area contributed by atoms with Gasteiger partial charge >= 0.3 is 6.36 Å². The van der Waals surface area contributed by atoms with Crippen LogP contribution in [0.1, 0.15) is 26.2 Å². The second kappa shape index (κ2) is 9.07. The summed E-state index contributed by atoms with van der Waals surface area (Å²) in [6, 6.07) is 0. The molecule has 1 unspecified atom stereocenters. The molecule has 0 aromatic heterocycles. The summed E-state index contributed by atoms with van der Waals surface area (Å²) in [5, 5.41) is 2.94. The molecule has 0 aliphatic carbocycles. The van der Waals surface area contributed by atoms with E-state index in [1.54, 1.807) is 0 Å². The van der Waals surface area contributed by atoms with Crippen LogP contribution in [0.15, 0.2) is 0 Å². The molecule has 0 spiro atoms. The van der Waals surface area contributed by atoms with Crippen LogP contribution < -0.4 is 5.32 Å². The van der Waals surface area contributed by atoms with E-state index in [1.165, 1.54) is 0 Å². The lowest BCUT2D eigenvalue weighted by Gasteiger charge is -2.15. The second-order valence-corrected chi connectivity index (χ2v) is 4.01. The van der Waals surface area contributed by atoms with Crippen LogP contribution in [0.2, 0.25) is 0 Å². The minimum atomic E-state index is -4.53. The number of halogens is 4. The van der Waals surface area contributed by atoms with Gasteiger partial charge < -0.3 is 5.32 Å². The molecule has 0 heterocycles. The van der Waals surface area contributed by atoms with Gasteiger partial charge in [-0.25, -0.2) is 0 Å². The minimum Gasteiger partial charge on any atom is -0.314 e. The number of hydrogen-bond donors (Lipinski definition) is 1. The van der Waals surface area contributed by atoms with E-state index in [2.05, 4.69) is 17.0 Å². The molecular formula is C10H19ClF3NO. The zero-order chi connectivity index (χ0) is 12.4. The second-order valence-electron chi connectivity index (χ2n) is 3.63. The Morgan fingerprint density at radius 1 is 1.31 bits per heavy atom. The molecule has 1 atom stereocenters. The average molecular weight is 262 g/mol. The van der Waals surface area contributed by atoms with Crippen molar-refractivity contribution in [3.05, 3.63) is 0 Å². The van der Waals surface area contributed by atoms with Crippen molar-refractivity contribution in [2.24, 2.45) is 5.92 Å². The van der Waals surface area contributed by atoms with Crippen molar-refractivity contribution in [2.45, 2.75) is 32.5 Å².